The smallest absolute Gasteiger partial charge is 0.164 e. The summed E-state index contributed by atoms with van der Waals surface area (Å²) in [4.78, 5) is 68.3. The summed E-state index contributed by atoms with van der Waals surface area (Å²) >= 11 is 0. The van der Waals surface area contributed by atoms with Crippen molar-refractivity contribution >= 4 is 0 Å². The van der Waals surface area contributed by atoms with Gasteiger partial charge in [0.25, 0.3) is 0 Å². The first-order chi connectivity index (χ1) is 73.8. The third kappa shape index (κ3) is 26.2. The van der Waals surface area contributed by atoms with Crippen LogP contribution in [0.25, 0.3) is 203 Å². The van der Waals surface area contributed by atoms with Crippen molar-refractivity contribution in [1.29, 1.82) is 0 Å². The Bertz CT molecular complexity index is 7690. The van der Waals surface area contributed by atoms with Gasteiger partial charge in [0, 0.05) is 97.4 Å². The Morgan fingerprint density at radius 3 is 0.707 bits per heavy atom. The van der Waals surface area contributed by atoms with Crippen LogP contribution in [0.4, 0.5) is 0 Å². The number of aryl methyl sites for hydroxylation is 6. The zero-order valence-corrected chi connectivity index (χ0v) is 83.9. The van der Waals surface area contributed by atoms with Gasteiger partial charge < -0.3 is 0 Å². The molecule has 720 valence electrons. The highest BCUT2D eigenvalue weighted by Gasteiger charge is 2.19. The highest BCUT2D eigenvalue weighted by Crippen LogP contribution is 2.38. The lowest BCUT2D eigenvalue weighted by molar-refractivity contribution is 0.990. The third-order valence-corrected chi connectivity index (χ3v) is 24.6. The van der Waals surface area contributed by atoms with Crippen molar-refractivity contribution in [3.05, 3.63) is 563 Å². The molecule has 24 aromatic rings. The van der Waals surface area contributed by atoms with Gasteiger partial charge in [-0.15, -0.1) is 0 Å². The van der Waals surface area contributed by atoms with Gasteiger partial charge in [0.1, 0.15) is 17.5 Å². The van der Waals surface area contributed by atoms with Gasteiger partial charge in [-0.05, 0) is 210 Å². The maximum atomic E-state index is 5.04. The standard InChI is InChI=1S/C30H23N.2C28H21N3.C18H15N.C17H14N2.C14H11N5/c1-22-18-29(27-16-8-14-25(20-27)23-10-4-2-5-11-23)31-30(19-22)28-17-9-15-26(21-28)24-12-6-3-7-13-24;1-20-29-27(25-16-8-14-23(18-25)21-10-4-2-5-11-21)31-28(30-20)26-17-9-15-24(19-26)22-12-6-3-7-13-22;1-20-29-27(24-16-10-15-23(19-24)21-11-4-2-5-12-21)31-28(30-20)26-18-9-8-17-25(26)22-13-6-3-7-14-22;1-14-12-17(15-8-4-2-5-9-15)13-18(19-14)16-10-6-3-7-11-16;1-13-12-16(14-8-4-2-5-9-14)19-17(18-13)15-10-6-3-7-11-15;1-10-17-13(11-2-6-15-7-3-11)19-14(18-10)12-4-8-16-9-5-12/h2-21H,1H3;2*2-19H,1H3;2-13H,1H3;2-12H,1H3;2-9H,1H3. The van der Waals surface area contributed by atoms with E-state index in [-0.39, 0.29) is 0 Å². The first-order valence-corrected chi connectivity index (χ1v) is 49.8. The van der Waals surface area contributed by atoms with Crippen molar-refractivity contribution in [3.63, 3.8) is 0 Å². The molecule has 0 N–H and O–H groups in total. The molecule has 0 amide bonds. The van der Waals surface area contributed by atoms with Gasteiger partial charge in [-0.3, -0.25) is 15.0 Å². The number of aromatic nitrogens is 15. The van der Waals surface area contributed by atoms with E-state index in [1.165, 1.54) is 55.6 Å². The largest absolute Gasteiger partial charge is 0.265 e. The zero-order chi connectivity index (χ0) is 102. The van der Waals surface area contributed by atoms with E-state index in [4.69, 9.17) is 15.0 Å². The van der Waals surface area contributed by atoms with Gasteiger partial charge in [-0.2, -0.15) is 0 Å². The summed E-state index contributed by atoms with van der Waals surface area (Å²) in [5.41, 5.74) is 35.0. The summed E-state index contributed by atoms with van der Waals surface area (Å²) < 4.78 is 0. The Hall–Kier alpha value is -19.8. The van der Waals surface area contributed by atoms with Gasteiger partial charge in [0.05, 0.1) is 22.8 Å². The van der Waals surface area contributed by atoms with Crippen LogP contribution in [-0.2, 0) is 0 Å². The Balaban J connectivity index is 0.000000115. The van der Waals surface area contributed by atoms with E-state index in [1.807, 2.05) is 271 Å². The highest BCUT2D eigenvalue weighted by molar-refractivity contribution is 5.83. The second kappa shape index (κ2) is 49.0. The number of nitrogens with zero attached hydrogens (tertiary/aromatic N) is 15. The molecule has 0 aliphatic rings. The van der Waals surface area contributed by atoms with Crippen LogP contribution in [0.5, 0.6) is 0 Å². The summed E-state index contributed by atoms with van der Waals surface area (Å²) in [6.45, 7) is 11.9. The quantitative estimate of drug-likeness (QED) is 0.0787. The summed E-state index contributed by atoms with van der Waals surface area (Å²) in [5.74, 6) is 6.92. The van der Waals surface area contributed by atoms with Crippen LogP contribution in [0.2, 0.25) is 0 Å². The predicted molar refractivity (Wildman–Crippen MR) is 612 cm³/mol. The van der Waals surface area contributed by atoms with Crippen molar-refractivity contribution in [2.24, 2.45) is 0 Å². The molecule has 0 radical (unpaired) electrons. The lowest BCUT2D eigenvalue weighted by atomic mass is 9.99. The van der Waals surface area contributed by atoms with Crippen molar-refractivity contribution < 1.29 is 0 Å². The minimum Gasteiger partial charge on any atom is -0.265 e. The summed E-state index contributed by atoms with van der Waals surface area (Å²) in [6.07, 6.45) is 6.89. The van der Waals surface area contributed by atoms with E-state index in [9.17, 15) is 0 Å². The lowest BCUT2D eigenvalue weighted by Crippen LogP contribution is -2.00. The second-order valence-electron chi connectivity index (χ2n) is 35.7. The Morgan fingerprint density at radius 1 is 0.120 bits per heavy atom. The Kier molecular flexibility index (Phi) is 32.3. The summed E-state index contributed by atoms with van der Waals surface area (Å²) in [6, 6.07) is 172. The summed E-state index contributed by atoms with van der Waals surface area (Å²) in [7, 11) is 0. The molecular weight excluding hydrogens is 1830 g/mol. The van der Waals surface area contributed by atoms with Crippen LogP contribution in [0.3, 0.4) is 0 Å². The van der Waals surface area contributed by atoms with Gasteiger partial charge >= 0.3 is 0 Å². The molecule has 0 bridgehead atoms. The first kappa shape index (κ1) is 99.0. The number of hydrogen-bond donors (Lipinski definition) is 0. The minimum absolute atomic E-state index is 0.654. The SMILES string of the molecule is Cc1cc(-c2cccc(-c3ccccc3)c2)nc(-c2cccc(-c3ccccc3)c2)c1.Cc1cc(-c2ccccc2)cc(-c2ccccc2)n1.Cc1cc(-c2ccccc2)nc(-c2ccccc2)n1.Cc1nc(-c2cccc(-c3ccccc3)c2)nc(-c2cccc(-c3ccccc3)c2)n1.Cc1nc(-c2cccc(-c3ccccc3)c2)nc(-c2ccccc2-c2ccccc2)n1.Cc1nc(-c2ccncc2)nc(-c2ccncc2)n1. The van der Waals surface area contributed by atoms with Crippen molar-refractivity contribution in [2.75, 3.05) is 0 Å². The van der Waals surface area contributed by atoms with E-state index >= 15 is 0 Å². The fourth-order valence-corrected chi connectivity index (χ4v) is 17.4. The third-order valence-electron chi connectivity index (χ3n) is 24.6. The number of benzene rings is 16. The molecule has 0 saturated carbocycles. The average molecular weight is 1940 g/mol. The highest BCUT2D eigenvalue weighted by atomic mass is 15.0. The fourth-order valence-electron chi connectivity index (χ4n) is 17.4. The van der Waals surface area contributed by atoms with Crippen LogP contribution in [0.1, 0.15) is 34.4 Å². The first-order valence-electron chi connectivity index (χ1n) is 49.8. The second-order valence-corrected chi connectivity index (χ2v) is 35.7. The van der Waals surface area contributed by atoms with Crippen molar-refractivity contribution in [3.8, 4) is 203 Å². The molecule has 16 aromatic carbocycles. The maximum absolute atomic E-state index is 5.04. The molecule has 8 heterocycles. The van der Waals surface area contributed by atoms with Crippen LogP contribution in [0.15, 0.2) is 528 Å². The molecule has 0 fully saturated rings. The molecule has 8 aromatic heterocycles. The minimum atomic E-state index is 0.654. The molecular formula is C135H105N15. The Morgan fingerprint density at radius 2 is 0.353 bits per heavy atom. The van der Waals surface area contributed by atoms with Gasteiger partial charge in [0.15, 0.2) is 40.8 Å². The average Bonchev–Trinajstić information content (AvgIpc) is 0.796. The lowest BCUT2D eigenvalue weighted by Gasteiger charge is -2.11. The molecule has 0 aliphatic heterocycles. The van der Waals surface area contributed by atoms with Gasteiger partial charge in [-0.25, -0.2) is 59.8 Å². The van der Waals surface area contributed by atoms with Crippen molar-refractivity contribution in [1.82, 2.24) is 74.8 Å². The van der Waals surface area contributed by atoms with Crippen LogP contribution >= 0.6 is 0 Å². The molecule has 15 heteroatoms. The summed E-state index contributed by atoms with van der Waals surface area (Å²) in [5, 5.41) is 0. The zero-order valence-electron chi connectivity index (χ0n) is 83.9. The van der Waals surface area contributed by atoms with Gasteiger partial charge in [-0.1, -0.05) is 419 Å². The van der Waals surface area contributed by atoms with E-state index in [2.05, 4.69) is 334 Å². The molecule has 0 aliphatic carbocycles. The monoisotopic (exact) mass is 1940 g/mol. The van der Waals surface area contributed by atoms with Crippen LogP contribution in [-0.4, -0.2) is 74.8 Å². The van der Waals surface area contributed by atoms with Crippen LogP contribution < -0.4 is 0 Å². The normalized spacial score (nSPS) is 10.6. The van der Waals surface area contributed by atoms with E-state index < -0.39 is 0 Å². The molecule has 0 unspecified atom stereocenters. The van der Waals surface area contributed by atoms with Crippen LogP contribution in [0, 0.1) is 41.5 Å². The molecule has 24 rings (SSSR count). The van der Waals surface area contributed by atoms with Gasteiger partial charge in [0.2, 0.25) is 0 Å². The fraction of sp³-hybridized carbons (Fsp3) is 0.0444. The molecule has 0 saturated heterocycles. The maximum Gasteiger partial charge on any atom is 0.164 e. The molecule has 0 atom stereocenters. The topological polar surface area (TPSA) is 193 Å². The number of rotatable bonds is 18. The molecule has 15 nitrogen and oxygen atoms in total. The van der Waals surface area contributed by atoms with Crippen molar-refractivity contribution in [2.45, 2.75) is 41.5 Å². The van der Waals surface area contributed by atoms with E-state index in [1.54, 1.807) is 24.8 Å². The molecule has 0 spiro atoms. The Labute approximate surface area is 875 Å². The molecule has 150 heavy (non-hydrogen) atoms. The van der Waals surface area contributed by atoms with E-state index in [0.29, 0.717) is 52.4 Å². The number of pyridine rings is 4. The van der Waals surface area contributed by atoms with E-state index in [0.717, 1.165) is 129 Å². The number of hydrogen-bond acceptors (Lipinski definition) is 15. The predicted octanol–water partition coefficient (Wildman–Crippen LogP) is 32.9.